The standard InChI is InChI=1S/C9H11N3O2S/c1-10-9(15)12-11-7-4-2-6(3-5-7)8(13)14/h2-5,11H,1H3,(H,13,14)(H2,10,12,15). The molecule has 1 rings (SSSR count). The number of thiocarbonyl (C=S) groups is 1. The van der Waals surface area contributed by atoms with E-state index in [2.05, 4.69) is 16.2 Å². The first-order valence-corrected chi connectivity index (χ1v) is 4.61. The Morgan fingerprint density at radius 2 is 1.93 bits per heavy atom. The summed E-state index contributed by atoms with van der Waals surface area (Å²) in [5, 5.41) is 11.8. The Morgan fingerprint density at radius 3 is 2.40 bits per heavy atom. The maximum Gasteiger partial charge on any atom is 0.335 e. The van der Waals surface area contributed by atoms with Crippen LogP contribution in [0.15, 0.2) is 24.3 Å². The average molecular weight is 225 g/mol. The van der Waals surface area contributed by atoms with Crippen molar-refractivity contribution in [3.05, 3.63) is 29.8 Å². The first-order valence-electron chi connectivity index (χ1n) is 4.20. The number of carbonyl (C=O) groups is 1. The Balaban J connectivity index is 2.57. The minimum absolute atomic E-state index is 0.247. The molecule has 80 valence electrons. The van der Waals surface area contributed by atoms with Gasteiger partial charge in [-0.25, -0.2) is 4.79 Å². The maximum atomic E-state index is 10.6. The third-order valence-corrected chi connectivity index (χ3v) is 1.99. The predicted octanol–water partition coefficient (Wildman–Crippen LogP) is 0.806. The van der Waals surface area contributed by atoms with Gasteiger partial charge in [0.1, 0.15) is 0 Å². The van der Waals surface area contributed by atoms with Crippen molar-refractivity contribution in [3.63, 3.8) is 0 Å². The zero-order valence-electron chi connectivity index (χ0n) is 8.07. The van der Waals surface area contributed by atoms with Crippen molar-refractivity contribution in [1.82, 2.24) is 10.7 Å². The number of anilines is 1. The highest BCUT2D eigenvalue weighted by atomic mass is 32.1. The highest BCUT2D eigenvalue weighted by Gasteiger charge is 2.00. The van der Waals surface area contributed by atoms with Gasteiger partial charge in [0.25, 0.3) is 0 Å². The van der Waals surface area contributed by atoms with Crippen molar-refractivity contribution < 1.29 is 9.90 Å². The fourth-order valence-electron chi connectivity index (χ4n) is 0.888. The number of carboxylic acid groups (broad SMARTS) is 1. The van der Waals surface area contributed by atoms with E-state index in [1.807, 2.05) is 0 Å². The molecule has 0 aliphatic carbocycles. The van der Waals surface area contributed by atoms with E-state index in [4.69, 9.17) is 17.3 Å². The summed E-state index contributed by atoms with van der Waals surface area (Å²) >= 11 is 4.84. The van der Waals surface area contributed by atoms with Crippen LogP contribution in [0.4, 0.5) is 5.69 Å². The van der Waals surface area contributed by atoms with E-state index < -0.39 is 5.97 Å². The Morgan fingerprint density at radius 1 is 1.33 bits per heavy atom. The van der Waals surface area contributed by atoms with Crippen molar-refractivity contribution in [3.8, 4) is 0 Å². The highest BCUT2D eigenvalue weighted by molar-refractivity contribution is 7.80. The number of hydrogen-bond donors (Lipinski definition) is 4. The lowest BCUT2D eigenvalue weighted by Gasteiger charge is -2.09. The highest BCUT2D eigenvalue weighted by Crippen LogP contribution is 2.07. The lowest BCUT2D eigenvalue weighted by Crippen LogP contribution is -2.36. The van der Waals surface area contributed by atoms with Gasteiger partial charge in [0.15, 0.2) is 5.11 Å². The molecule has 0 radical (unpaired) electrons. The molecule has 0 bridgehead atoms. The lowest BCUT2D eigenvalue weighted by atomic mass is 10.2. The van der Waals surface area contributed by atoms with Crippen LogP contribution in [0.3, 0.4) is 0 Å². The minimum Gasteiger partial charge on any atom is -0.478 e. The van der Waals surface area contributed by atoms with Gasteiger partial charge in [0, 0.05) is 7.05 Å². The summed E-state index contributed by atoms with van der Waals surface area (Å²) in [6.07, 6.45) is 0. The summed E-state index contributed by atoms with van der Waals surface area (Å²) < 4.78 is 0. The molecule has 0 heterocycles. The molecule has 0 aliphatic heterocycles. The van der Waals surface area contributed by atoms with Crippen LogP contribution >= 0.6 is 12.2 Å². The van der Waals surface area contributed by atoms with Crippen LogP contribution in [0.1, 0.15) is 10.4 Å². The van der Waals surface area contributed by atoms with Gasteiger partial charge in [-0.1, -0.05) is 0 Å². The molecule has 0 spiro atoms. The quantitative estimate of drug-likeness (QED) is 0.450. The Bertz CT molecular complexity index is 364. The normalized spacial score (nSPS) is 9.13. The van der Waals surface area contributed by atoms with Gasteiger partial charge in [-0.3, -0.25) is 10.9 Å². The van der Waals surface area contributed by atoms with E-state index in [9.17, 15) is 4.79 Å². The van der Waals surface area contributed by atoms with Crippen molar-refractivity contribution in [2.24, 2.45) is 0 Å². The molecule has 0 atom stereocenters. The Labute approximate surface area is 92.5 Å². The second kappa shape index (κ2) is 5.16. The van der Waals surface area contributed by atoms with Crippen molar-refractivity contribution in [2.75, 3.05) is 12.5 Å². The van der Waals surface area contributed by atoms with Gasteiger partial charge in [-0.15, -0.1) is 0 Å². The second-order valence-electron chi connectivity index (χ2n) is 2.71. The first-order chi connectivity index (χ1) is 7.13. The average Bonchev–Trinajstić information content (AvgIpc) is 2.26. The van der Waals surface area contributed by atoms with Crippen LogP contribution in [-0.2, 0) is 0 Å². The molecule has 6 heteroatoms. The summed E-state index contributed by atoms with van der Waals surface area (Å²) in [5.74, 6) is -0.944. The van der Waals surface area contributed by atoms with Crippen LogP contribution < -0.4 is 16.2 Å². The fraction of sp³-hybridized carbons (Fsp3) is 0.111. The molecule has 1 aromatic carbocycles. The summed E-state index contributed by atoms with van der Waals surface area (Å²) in [5.41, 5.74) is 6.52. The van der Waals surface area contributed by atoms with Crippen LogP contribution in [-0.4, -0.2) is 23.2 Å². The summed E-state index contributed by atoms with van der Waals surface area (Å²) in [7, 11) is 1.70. The van der Waals surface area contributed by atoms with E-state index in [1.165, 1.54) is 12.1 Å². The number of hydrogen-bond acceptors (Lipinski definition) is 3. The number of benzene rings is 1. The van der Waals surface area contributed by atoms with Gasteiger partial charge in [-0.05, 0) is 36.5 Å². The van der Waals surface area contributed by atoms with Crippen molar-refractivity contribution in [2.45, 2.75) is 0 Å². The summed E-state index contributed by atoms with van der Waals surface area (Å²) in [4.78, 5) is 10.6. The third kappa shape index (κ3) is 3.43. The number of rotatable bonds is 3. The van der Waals surface area contributed by atoms with E-state index in [1.54, 1.807) is 19.2 Å². The van der Waals surface area contributed by atoms with E-state index in [0.29, 0.717) is 5.11 Å². The molecule has 0 saturated heterocycles. The lowest BCUT2D eigenvalue weighted by molar-refractivity contribution is 0.0697. The maximum absolute atomic E-state index is 10.6. The third-order valence-electron chi connectivity index (χ3n) is 1.68. The zero-order valence-corrected chi connectivity index (χ0v) is 8.89. The number of hydrazine groups is 1. The number of aromatic carboxylic acids is 1. The van der Waals surface area contributed by atoms with E-state index in [0.717, 1.165) is 5.69 Å². The molecule has 0 aromatic heterocycles. The Hall–Kier alpha value is -1.82. The minimum atomic E-state index is -0.944. The van der Waals surface area contributed by atoms with Crippen LogP contribution in [0.25, 0.3) is 0 Å². The number of carboxylic acids is 1. The van der Waals surface area contributed by atoms with Crippen molar-refractivity contribution >= 4 is 29.0 Å². The molecule has 1 aromatic rings. The second-order valence-corrected chi connectivity index (χ2v) is 3.12. The molecule has 5 nitrogen and oxygen atoms in total. The summed E-state index contributed by atoms with van der Waals surface area (Å²) in [6.45, 7) is 0. The van der Waals surface area contributed by atoms with E-state index >= 15 is 0 Å². The van der Waals surface area contributed by atoms with Gasteiger partial charge in [0.2, 0.25) is 0 Å². The molecule has 15 heavy (non-hydrogen) atoms. The topological polar surface area (TPSA) is 73.4 Å². The molecule has 0 unspecified atom stereocenters. The molecule has 0 saturated carbocycles. The molecule has 0 amide bonds. The summed E-state index contributed by atoms with van der Waals surface area (Å²) in [6, 6.07) is 6.31. The van der Waals surface area contributed by atoms with Gasteiger partial charge in [-0.2, -0.15) is 0 Å². The molecular formula is C9H11N3O2S. The molecule has 4 N–H and O–H groups in total. The van der Waals surface area contributed by atoms with Gasteiger partial charge < -0.3 is 10.4 Å². The zero-order chi connectivity index (χ0) is 11.3. The molecule has 0 aliphatic rings. The largest absolute Gasteiger partial charge is 0.478 e. The number of nitrogens with one attached hydrogen (secondary N) is 3. The van der Waals surface area contributed by atoms with Crippen molar-refractivity contribution in [1.29, 1.82) is 0 Å². The van der Waals surface area contributed by atoms with Gasteiger partial charge >= 0.3 is 5.97 Å². The first kappa shape index (κ1) is 11.3. The smallest absolute Gasteiger partial charge is 0.335 e. The van der Waals surface area contributed by atoms with Crippen LogP contribution in [0, 0.1) is 0 Å². The Kier molecular flexibility index (Phi) is 3.87. The molecular weight excluding hydrogens is 214 g/mol. The van der Waals surface area contributed by atoms with Gasteiger partial charge in [0.05, 0.1) is 11.3 Å². The molecule has 0 fully saturated rings. The van der Waals surface area contributed by atoms with E-state index in [-0.39, 0.29) is 5.56 Å². The predicted molar refractivity (Wildman–Crippen MR) is 61.8 cm³/mol. The fourth-order valence-corrected chi connectivity index (χ4v) is 0.939. The SMILES string of the molecule is CNC(=S)NNc1ccc(C(=O)O)cc1. The van der Waals surface area contributed by atoms with Crippen LogP contribution in [0.5, 0.6) is 0 Å². The van der Waals surface area contributed by atoms with Crippen LogP contribution in [0.2, 0.25) is 0 Å². The monoisotopic (exact) mass is 225 g/mol.